The standard InChI is InChI=1S/C26H32N6O2/c1-16(2)24-20-11-18(22-13-31(8-9-34-22)14-23(33)30(4)5)6-7-21(20)29-25(24)19-10-17(3)26-27-15-28-32(26)12-19/h6-7,10-12,15-16,22,29H,8-9,13-14H2,1-5H3. The molecule has 1 aliphatic heterocycles. The van der Waals surface area contributed by atoms with Crippen molar-refractivity contribution in [3.63, 3.8) is 0 Å². The Kier molecular flexibility index (Phi) is 5.87. The molecule has 1 unspecified atom stereocenters. The molecule has 0 saturated carbocycles. The van der Waals surface area contributed by atoms with Crippen LogP contribution in [0.25, 0.3) is 27.8 Å². The number of hydrogen-bond donors (Lipinski definition) is 1. The topological polar surface area (TPSA) is 78.8 Å². The summed E-state index contributed by atoms with van der Waals surface area (Å²) < 4.78 is 7.98. The summed E-state index contributed by atoms with van der Waals surface area (Å²) in [6.07, 6.45) is 3.57. The fraction of sp³-hybridized carbons (Fsp3) is 0.423. The van der Waals surface area contributed by atoms with Crippen LogP contribution in [-0.2, 0) is 9.53 Å². The van der Waals surface area contributed by atoms with Crippen LogP contribution in [0.2, 0.25) is 0 Å². The lowest BCUT2D eigenvalue weighted by molar-refractivity contribution is -0.132. The van der Waals surface area contributed by atoms with E-state index in [1.54, 1.807) is 25.3 Å². The monoisotopic (exact) mass is 460 g/mol. The Hall–Kier alpha value is -3.23. The lowest BCUT2D eigenvalue weighted by Gasteiger charge is -2.33. The Balaban J connectivity index is 1.52. The third-order valence-electron chi connectivity index (χ3n) is 6.67. The van der Waals surface area contributed by atoms with Crippen molar-refractivity contribution >= 4 is 22.5 Å². The van der Waals surface area contributed by atoms with E-state index >= 15 is 0 Å². The zero-order valence-corrected chi connectivity index (χ0v) is 20.5. The fourth-order valence-corrected chi connectivity index (χ4v) is 4.87. The van der Waals surface area contributed by atoms with E-state index in [0.717, 1.165) is 40.1 Å². The van der Waals surface area contributed by atoms with Crippen LogP contribution in [0.1, 0.15) is 42.6 Å². The van der Waals surface area contributed by atoms with E-state index in [4.69, 9.17) is 4.74 Å². The number of fused-ring (bicyclic) bond motifs is 2. The Labute approximate surface area is 199 Å². The van der Waals surface area contributed by atoms with Gasteiger partial charge in [-0.2, -0.15) is 5.10 Å². The molecular weight excluding hydrogens is 428 g/mol. The summed E-state index contributed by atoms with van der Waals surface area (Å²) in [6, 6.07) is 8.72. The molecule has 1 amide bonds. The van der Waals surface area contributed by atoms with Gasteiger partial charge in [0.05, 0.1) is 24.9 Å². The third kappa shape index (κ3) is 4.08. The number of hydrogen-bond acceptors (Lipinski definition) is 5. The van der Waals surface area contributed by atoms with Gasteiger partial charge in [0.1, 0.15) is 6.33 Å². The number of nitrogens with zero attached hydrogens (tertiary/aromatic N) is 5. The van der Waals surface area contributed by atoms with E-state index in [9.17, 15) is 4.79 Å². The van der Waals surface area contributed by atoms with E-state index in [0.29, 0.717) is 25.6 Å². The zero-order valence-electron chi connectivity index (χ0n) is 20.5. The van der Waals surface area contributed by atoms with Crippen molar-refractivity contribution < 1.29 is 9.53 Å². The van der Waals surface area contributed by atoms with Gasteiger partial charge >= 0.3 is 0 Å². The van der Waals surface area contributed by atoms with E-state index in [1.807, 2.05) is 10.7 Å². The second-order valence-corrected chi connectivity index (χ2v) is 9.70. The molecule has 178 valence electrons. The summed E-state index contributed by atoms with van der Waals surface area (Å²) >= 11 is 0. The summed E-state index contributed by atoms with van der Waals surface area (Å²) in [4.78, 5) is 24.0. The predicted octanol–water partition coefficient (Wildman–Crippen LogP) is 3.77. The van der Waals surface area contributed by atoms with Crippen LogP contribution in [-0.4, -0.2) is 75.6 Å². The van der Waals surface area contributed by atoms with Gasteiger partial charge in [0.2, 0.25) is 5.91 Å². The van der Waals surface area contributed by atoms with Gasteiger partial charge in [-0.15, -0.1) is 0 Å². The molecule has 1 aliphatic rings. The predicted molar refractivity (Wildman–Crippen MR) is 133 cm³/mol. The maximum atomic E-state index is 12.2. The second-order valence-electron chi connectivity index (χ2n) is 9.70. The maximum Gasteiger partial charge on any atom is 0.236 e. The SMILES string of the molecule is Cc1cc(-c2[nH]c3ccc(C4CN(CC(=O)N(C)C)CCO4)cc3c2C(C)C)cn2ncnc12. The first kappa shape index (κ1) is 22.6. The minimum absolute atomic E-state index is 0.0554. The van der Waals surface area contributed by atoms with Crippen LogP contribution in [0.3, 0.4) is 0 Å². The van der Waals surface area contributed by atoms with Gasteiger partial charge in [0, 0.05) is 49.8 Å². The van der Waals surface area contributed by atoms with Gasteiger partial charge in [0.15, 0.2) is 5.65 Å². The van der Waals surface area contributed by atoms with Gasteiger partial charge in [-0.05, 0) is 47.7 Å². The zero-order chi connectivity index (χ0) is 24.0. The molecule has 1 saturated heterocycles. The van der Waals surface area contributed by atoms with E-state index in [1.165, 1.54) is 10.9 Å². The molecule has 1 fully saturated rings. The molecule has 4 heterocycles. The molecule has 0 spiro atoms. The van der Waals surface area contributed by atoms with Crippen LogP contribution in [0.5, 0.6) is 0 Å². The number of carbonyl (C=O) groups excluding carboxylic acids is 1. The van der Waals surface area contributed by atoms with Crippen LogP contribution in [0.15, 0.2) is 36.8 Å². The Morgan fingerprint density at radius 1 is 1.29 bits per heavy atom. The van der Waals surface area contributed by atoms with Gasteiger partial charge < -0.3 is 14.6 Å². The highest BCUT2D eigenvalue weighted by Crippen LogP contribution is 2.37. The van der Waals surface area contributed by atoms with Crippen molar-refractivity contribution in [3.8, 4) is 11.3 Å². The number of amides is 1. The number of aromatic nitrogens is 4. The smallest absolute Gasteiger partial charge is 0.236 e. The number of likely N-dealkylation sites (N-methyl/N-ethyl adjacent to an activating group) is 1. The third-order valence-corrected chi connectivity index (χ3v) is 6.67. The minimum atomic E-state index is -0.0554. The first-order valence-electron chi connectivity index (χ1n) is 11.8. The van der Waals surface area contributed by atoms with Crippen molar-refractivity contribution in [3.05, 3.63) is 53.5 Å². The second kappa shape index (κ2) is 8.85. The molecule has 0 bridgehead atoms. The van der Waals surface area contributed by atoms with E-state index in [2.05, 4.69) is 65.0 Å². The molecule has 8 nitrogen and oxygen atoms in total. The molecule has 3 aromatic heterocycles. The maximum absolute atomic E-state index is 12.2. The summed E-state index contributed by atoms with van der Waals surface area (Å²) in [7, 11) is 3.60. The lowest BCUT2D eigenvalue weighted by atomic mass is 9.94. The van der Waals surface area contributed by atoms with Crippen molar-refractivity contribution in [1.82, 2.24) is 29.4 Å². The number of rotatable bonds is 5. The fourth-order valence-electron chi connectivity index (χ4n) is 4.87. The van der Waals surface area contributed by atoms with Gasteiger partial charge in [-0.1, -0.05) is 19.9 Å². The number of ether oxygens (including phenoxy) is 1. The van der Waals surface area contributed by atoms with Crippen molar-refractivity contribution in [2.75, 3.05) is 40.3 Å². The first-order chi connectivity index (χ1) is 16.3. The highest BCUT2D eigenvalue weighted by Gasteiger charge is 2.25. The first-order valence-corrected chi connectivity index (χ1v) is 11.8. The van der Waals surface area contributed by atoms with Crippen LogP contribution < -0.4 is 0 Å². The molecular formula is C26H32N6O2. The molecule has 0 radical (unpaired) electrons. The average Bonchev–Trinajstić information content (AvgIpc) is 3.43. The van der Waals surface area contributed by atoms with Crippen LogP contribution in [0, 0.1) is 6.92 Å². The molecule has 34 heavy (non-hydrogen) atoms. The number of nitrogens with one attached hydrogen (secondary N) is 1. The number of morpholine rings is 1. The summed E-state index contributed by atoms with van der Waals surface area (Å²) in [5.74, 6) is 0.445. The molecule has 1 N–H and O–H groups in total. The Bertz CT molecular complexity index is 1350. The largest absolute Gasteiger partial charge is 0.371 e. The van der Waals surface area contributed by atoms with Gasteiger partial charge in [0.25, 0.3) is 0 Å². The molecule has 0 aliphatic carbocycles. The van der Waals surface area contributed by atoms with Crippen LogP contribution >= 0.6 is 0 Å². The molecule has 8 heteroatoms. The molecule has 4 aromatic rings. The summed E-state index contributed by atoms with van der Waals surface area (Å²) in [6.45, 7) is 9.05. The number of aryl methyl sites for hydroxylation is 1. The van der Waals surface area contributed by atoms with E-state index in [-0.39, 0.29) is 12.0 Å². The van der Waals surface area contributed by atoms with Gasteiger partial charge in [-0.3, -0.25) is 9.69 Å². The normalized spacial score (nSPS) is 17.2. The van der Waals surface area contributed by atoms with Crippen molar-refractivity contribution in [1.29, 1.82) is 0 Å². The number of aromatic amines is 1. The van der Waals surface area contributed by atoms with Crippen molar-refractivity contribution in [2.45, 2.75) is 32.8 Å². The molecule has 1 atom stereocenters. The Morgan fingerprint density at radius 3 is 2.88 bits per heavy atom. The Morgan fingerprint density at radius 2 is 2.12 bits per heavy atom. The number of H-pyrrole nitrogens is 1. The number of pyridine rings is 1. The molecule has 5 rings (SSSR count). The average molecular weight is 461 g/mol. The lowest BCUT2D eigenvalue weighted by Crippen LogP contribution is -2.43. The summed E-state index contributed by atoms with van der Waals surface area (Å²) in [5, 5.41) is 5.56. The highest BCUT2D eigenvalue weighted by molar-refractivity contribution is 5.92. The highest BCUT2D eigenvalue weighted by atomic mass is 16.5. The van der Waals surface area contributed by atoms with Gasteiger partial charge in [-0.25, -0.2) is 9.50 Å². The van der Waals surface area contributed by atoms with Crippen LogP contribution in [0.4, 0.5) is 0 Å². The summed E-state index contributed by atoms with van der Waals surface area (Å²) in [5.41, 5.74) is 7.71. The number of benzene rings is 1. The minimum Gasteiger partial charge on any atom is -0.371 e. The number of carbonyl (C=O) groups is 1. The van der Waals surface area contributed by atoms with Crippen molar-refractivity contribution in [2.24, 2.45) is 0 Å². The quantitative estimate of drug-likeness (QED) is 0.491. The molecule has 1 aromatic carbocycles. The van der Waals surface area contributed by atoms with E-state index < -0.39 is 0 Å².